The minimum absolute atomic E-state index is 0.211. The number of nitrogens with one attached hydrogen (secondary N) is 1. The van der Waals surface area contributed by atoms with Gasteiger partial charge in [0.1, 0.15) is 0 Å². The quantitative estimate of drug-likeness (QED) is 0.572. The van der Waals surface area contributed by atoms with Gasteiger partial charge in [-0.25, -0.2) is 0 Å². The molecule has 1 N–H and O–H groups in total. The predicted molar refractivity (Wildman–Crippen MR) is 82.6 cm³/mol. The highest BCUT2D eigenvalue weighted by Gasteiger charge is 2.50. The van der Waals surface area contributed by atoms with Gasteiger partial charge in [0.05, 0.1) is 5.41 Å². The van der Waals surface area contributed by atoms with Crippen LogP contribution in [0.3, 0.4) is 0 Å². The topological polar surface area (TPSA) is 29.1 Å². The zero-order valence-electron chi connectivity index (χ0n) is 11.3. The van der Waals surface area contributed by atoms with Gasteiger partial charge in [-0.1, -0.05) is 59.1 Å². The van der Waals surface area contributed by atoms with E-state index in [0.717, 1.165) is 31.1 Å². The zero-order valence-corrected chi connectivity index (χ0v) is 12.9. The fourth-order valence-corrected chi connectivity index (χ4v) is 2.87. The first-order chi connectivity index (χ1) is 9.29. The van der Waals surface area contributed by atoms with Gasteiger partial charge in [-0.05, 0) is 31.2 Å². The molecule has 0 bridgehead atoms. The van der Waals surface area contributed by atoms with Gasteiger partial charge in [-0.2, -0.15) is 0 Å². The summed E-state index contributed by atoms with van der Waals surface area (Å²) < 4.78 is 0. The second kappa shape index (κ2) is 7.09. The standard InChI is InChI=1S/C16H22BrNO/c17-12-6-1-2-7-13-18-15(19)16(10-11-16)14-8-4-3-5-9-14/h3-5,8-9H,1-2,6-7,10-13H2,(H,18,19). The van der Waals surface area contributed by atoms with Crippen LogP contribution < -0.4 is 5.32 Å². The lowest BCUT2D eigenvalue weighted by Gasteiger charge is -2.15. The van der Waals surface area contributed by atoms with Crippen molar-refractivity contribution in [2.24, 2.45) is 0 Å². The van der Waals surface area contributed by atoms with Gasteiger partial charge in [-0.15, -0.1) is 0 Å². The second-order valence-corrected chi connectivity index (χ2v) is 6.10. The van der Waals surface area contributed by atoms with Crippen molar-refractivity contribution in [1.29, 1.82) is 0 Å². The third-order valence-corrected chi connectivity index (χ3v) is 4.42. The number of carbonyl (C=O) groups excluding carboxylic acids is 1. The van der Waals surface area contributed by atoms with E-state index < -0.39 is 0 Å². The van der Waals surface area contributed by atoms with Gasteiger partial charge < -0.3 is 5.32 Å². The van der Waals surface area contributed by atoms with E-state index in [1.807, 2.05) is 18.2 Å². The molecule has 19 heavy (non-hydrogen) atoms. The van der Waals surface area contributed by atoms with E-state index in [-0.39, 0.29) is 11.3 Å². The normalized spacial score (nSPS) is 16.1. The maximum absolute atomic E-state index is 12.3. The van der Waals surface area contributed by atoms with Gasteiger partial charge in [0.15, 0.2) is 0 Å². The van der Waals surface area contributed by atoms with Crippen LogP contribution in [0, 0.1) is 0 Å². The van der Waals surface area contributed by atoms with Crippen molar-refractivity contribution in [1.82, 2.24) is 5.32 Å². The molecular weight excluding hydrogens is 302 g/mol. The number of alkyl halides is 1. The number of hydrogen-bond acceptors (Lipinski definition) is 1. The van der Waals surface area contributed by atoms with Crippen molar-refractivity contribution in [2.45, 2.75) is 43.9 Å². The summed E-state index contributed by atoms with van der Waals surface area (Å²) in [4.78, 5) is 12.3. The summed E-state index contributed by atoms with van der Waals surface area (Å²) in [6.07, 6.45) is 6.74. The molecule has 0 atom stereocenters. The number of unbranched alkanes of at least 4 members (excludes halogenated alkanes) is 3. The Hall–Kier alpha value is -0.830. The third-order valence-electron chi connectivity index (χ3n) is 3.86. The van der Waals surface area contributed by atoms with E-state index in [0.29, 0.717) is 0 Å². The molecule has 0 aromatic heterocycles. The Bertz CT molecular complexity index is 400. The summed E-state index contributed by atoms with van der Waals surface area (Å²) in [5.41, 5.74) is 0.962. The van der Waals surface area contributed by atoms with Crippen LogP contribution >= 0.6 is 15.9 Å². The molecule has 1 amide bonds. The summed E-state index contributed by atoms with van der Waals surface area (Å²) in [7, 11) is 0. The van der Waals surface area contributed by atoms with Crippen molar-refractivity contribution in [3.63, 3.8) is 0 Å². The Balaban J connectivity index is 1.75. The van der Waals surface area contributed by atoms with Crippen LogP contribution in [-0.2, 0) is 10.2 Å². The first kappa shape index (κ1) is 14.6. The predicted octanol–water partition coefficient (Wildman–Crippen LogP) is 3.79. The number of hydrogen-bond donors (Lipinski definition) is 1. The molecule has 0 saturated heterocycles. The Kier molecular flexibility index (Phi) is 5.44. The molecule has 0 spiro atoms. The molecule has 1 aliphatic rings. The molecule has 1 fully saturated rings. The highest BCUT2D eigenvalue weighted by molar-refractivity contribution is 9.09. The average Bonchev–Trinajstić information content (AvgIpc) is 3.25. The summed E-state index contributed by atoms with van der Waals surface area (Å²) >= 11 is 3.43. The van der Waals surface area contributed by atoms with Crippen molar-refractivity contribution in [3.05, 3.63) is 35.9 Å². The summed E-state index contributed by atoms with van der Waals surface area (Å²) in [5, 5.41) is 4.19. The van der Waals surface area contributed by atoms with Crippen molar-refractivity contribution < 1.29 is 4.79 Å². The van der Waals surface area contributed by atoms with E-state index in [2.05, 4.69) is 33.4 Å². The Morgan fingerprint density at radius 3 is 2.42 bits per heavy atom. The van der Waals surface area contributed by atoms with Gasteiger partial charge in [0, 0.05) is 11.9 Å². The highest BCUT2D eigenvalue weighted by atomic mass is 79.9. The van der Waals surface area contributed by atoms with Crippen LogP contribution in [0.25, 0.3) is 0 Å². The van der Waals surface area contributed by atoms with E-state index in [9.17, 15) is 4.79 Å². The highest BCUT2D eigenvalue weighted by Crippen LogP contribution is 2.48. The molecular formula is C16H22BrNO. The molecule has 1 aliphatic carbocycles. The SMILES string of the molecule is O=C(NCCCCCCBr)C1(c2ccccc2)CC1. The molecule has 0 heterocycles. The lowest BCUT2D eigenvalue weighted by atomic mass is 9.95. The number of halogens is 1. The van der Waals surface area contributed by atoms with Crippen molar-refractivity contribution >= 4 is 21.8 Å². The van der Waals surface area contributed by atoms with Gasteiger partial charge in [-0.3, -0.25) is 4.79 Å². The fraction of sp³-hybridized carbons (Fsp3) is 0.562. The first-order valence-electron chi connectivity index (χ1n) is 7.19. The van der Waals surface area contributed by atoms with Crippen LogP contribution in [-0.4, -0.2) is 17.8 Å². The van der Waals surface area contributed by atoms with Gasteiger partial charge in [0.25, 0.3) is 0 Å². The summed E-state index contributed by atoms with van der Waals surface area (Å²) in [6.45, 7) is 0.815. The molecule has 1 aromatic rings. The Morgan fingerprint density at radius 2 is 1.79 bits per heavy atom. The van der Waals surface area contributed by atoms with Crippen LogP contribution in [0.2, 0.25) is 0 Å². The molecule has 1 saturated carbocycles. The minimum atomic E-state index is -0.211. The summed E-state index contributed by atoms with van der Waals surface area (Å²) in [5.74, 6) is 0.221. The Morgan fingerprint density at radius 1 is 1.11 bits per heavy atom. The lowest BCUT2D eigenvalue weighted by molar-refractivity contribution is -0.123. The molecule has 0 unspecified atom stereocenters. The molecule has 2 rings (SSSR count). The van der Waals surface area contributed by atoms with Gasteiger partial charge >= 0.3 is 0 Å². The fourth-order valence-electron chi connectivity index (χ4n) is 2.47. The van der Waals surface area contributed by atoms with Crippen molar-refractivity contribution in [3.8, 4) is 0 Å². The zero-order chi connectivity index (χ0) is 13.6. The van der Waals surface area contributed by atoms with E-state index in [4.69, 9.17) is 0 Å². The van der Waals surface area contributed by atoms with Crippen LogP contribution in [0.1, 0.15) is 44.1 Å². The van der Waals surface area contributed by atoms with Crippen LogP contribution in [0.5, 0.6) is 0 Å². The number of benzene rings is 1. The molecule has 104 valence electrons. The largest absolute Gasteiger partial charge is 0.355 e. The van der Waals surface area contributed by atoms with Crippen LogP contribution in [0.4, 0.5) is 0 Å². The average molecular weight is 324 g/mol. The summed E-state index contributed by atoms with van der Waals surface area (Å²) in [6, 6.07) is 10.2. The maximum atomic E-state index is 12.3. The monoisotopic (exact) mass is 323 g/mol. The Labute approximate surface area is 124 Å². The second-order valence-electron chi connectivity index (χ2n) is 5.31. The molecule has 3 heteroatoms. The molecule has 2 nitrogen and oxygen atoms in total. The van der Waals surface area contributed by atoms with Gasteiger partial charge in [0.2, 0.25) is 5.91 Å². The smallest absolute Gasteiger partial charge is 0.230 e. The molecule has 0 aliphatic heterocycles. The molecule has 1 aromatic carbocycles. The van der Waals surface area contributed by atoms with Crippen molar-refractivity contribution in [2.75, 3.05) is 11.9 Å². The maximum Gasteiger partial charge on any atom is 0.230 e. The number of rotatable bonds is 8. The van der Waals surface area contributed by atoms with E-state index in [1.54, 1.807) is 0 Å². The van der Waals surface area contributed by atoms with Crippen LogP contribution in [0.15, 0.2) is 30.3 Å². The number of amides is 1. The number of carbonyl (C=O) groups is 1. The third kappa shape index (κ3) is 3.82. The lowest BCUT2D eigenvalue weighted by Crippen LogP contribution is -2.35. The molecule has 0 radical (unpaired) electrons. The first-order valence-corrected chi connectivity index (χ1v) is 8.31. The minimum Gasteiger partial charge on any atom is -0.355 e. The van der Waals surface area contributed by atoms with E-state index >= 15 is 0 Å². The van der Waals surface area contributed by atoms with E-state index in [1.165, 1.54) is 24.8 Å².